The van der Waals surface area contributed by atoms with E-state index in [1.54, 1.807) is 12.1 Å². The maximum atomic E-state index is 13.2. The molecule has 1 aromatic carbocycles. The van der Waals surface area contributed by atoms with Crippen molar-refractivity contribution in [1.82, 2.24) is 0 Å². The predicted octanol–water partition coefficient (Wildman–Crippen LogP) is 1.10. The van der Waals surface area contributed by atoms with Crippen LogP contribution in [0.15, 0.2) is 24.3 Å². The summed E-state index contributed by atoms with van der Waals surface area (Å²) in [6, 6.07) is 6.35. The molecule has 0 radical (unpaired) electrons. The van der Waals surface area contributed by atoms with Crippen molar-refractivity contribution >= 4 is 29.5 Å². The summed E-state index contributed by atoms with van der Waals surface area (Å²) in [4.78, 5) is 61.4. The van der Waals surface area contributed by atoms with Crippen LogP contribution >= 0.6 is 0 Å². The van der Waals surface area contributed by atoms with E-state index >= 15 is 0 Å². The van der Waals surface area contributed by atoms with E-state index in [1.165, 1.54) is 26.2 Å². The first kappa shape index (κ1) is 23.6. The first-order chi connectivity index (χ1) is 15.1. The fourth-order valence-corrected chi connectivity index (χ4v) is 4.21. The van der Waals surface area contributed by atoms with E-state index in [0.29, 0.717) is 0 Å². The van der Waals surface area contributed by atoms with Crippen molar-refractivity contribution in [1.29, 1.82) is 0 Å². The van der Waals surface area contributed by atoms with Gasteiger partial charge in [-0.25, -0.2) is 0 Å². The van der Waals surface area contributed by atoms with Crippen molar-refractivity contribution in [2.75, 3.05) is 13.7 Å². The number of carbonyl (C=O) groups excluding carboxylic acids is 5. The molecule has 0 bridgehead atoms. The summed E-state index contributed by atoms with van der Waals surface area (Å²) in [6.07, 6.45) is -4.79. The average Bonchev–Trinajstić information content (AvgIpc) is 2.98. The Balaban J connectivity index is 2.05. The quantitative estimate of drug-likeness (QED) is 0.354. The third-order valence-corrected chi connectivity index (χ3v) is 5.39. The van der Waals surface area contributed by atoms with E-state index in [9.17, 15) is 24.0 Å². The molecule has 1 aromatic rings. The predicted molar refractivity (Wildman–Crippen MR) is 105 cm³/mol. The maximum Gasteiger partial charge on any atom is 0.303 e. The second-order valence-electron chi connectivity index (χ2n) is 7.56. The molecule has 2 aliphatic rings. The van der Waals surface area contributed by atoms with Crippen LogP contribution in [-0.2, 0) is 38.1 Å². The first-order valence-corrected chi connectivity index (χ1v) is 9.99. The van der Waals surface area contributed by atoms with Crippen LogP contribution in [0.3, 0.4) is 0 Å². The lowest BCUT2D eigenvalue weighted by Crippen LogP contribution is -2.61. The topological polar surface area (TPSA) is 132 Å². The average molecular weight is 448 g/mol. The van der Waals surface area contributed by atoms with Gasteiger partial charge in [0.25, 0.3) is 0 Å². The van der Waals surface area contributed by atoms with E-state index in [0.717, 1.165) is 13.8 Å². The molecule has 5 atom stereocenters. The molecule has 32 heavy (non-hydrogen) atoms. The summed E-state index contributed by atoms with van der Waals surface area (Å²) in [5, 5.41) is 0. The fourth-order valence-electron chi connectivity index (χ4n) is 4.21. The van der Waals surface area contributed by atoms with E-state index in [2.05, 4.69) is 0 Å². The second-order valence-corrected chi connectivity index (χ2v) is 7.56. The van der Waals surface area contributed by atoms with E-state index in [4.69, 9.17) is 23.7 Å². The monoisotopic (exact) mass is 448 g/mol. The highest BCUT2D eigenvalue weighted by atomic mass is 16.7. The Morgan fingerprint density at radius 1 is 0.875 bits per heavy atom. The summed E-state index contributed by atoms with van der Waals surface area (Å²) >= 11 is 0. The number of benzene rings is 1. The minimum Gasteiger partial charge on any atom is -0.463 e. The Labute approximate surface area is 184 Å². The van der Waals surface area contributed by atoms with Crippen molar-refractivity contribution in [2.45, 2.75) is 45.4 Å². The number of methoxy groups -OCH3 is 1. The van der Waals surface area contributed by atoms with Crippen LogP contribution in [-0.4, -0.2) is 67.8 Å². The van der Waals surface area contributed by atoms with Gasteiger partial charge in [-0.3, -0.25) is 24.0 Å². The number of hydrogen-bond acceptors (Lipinski definition) is 10. The second kappa shape index (κ2) is 9.58. The molecule has 1 aliphatic heterocycles. The van der Waals surface area contributed by atoms with Gasteiger partial charge in [0.2, 0.25) is 0 Å². The van der Waals surface area contributed by atoms with Gasteiger partial charge in [-0.1, -0.05) is 24.3 Å². The van der Waals surface area contributed by atoms with Gasteiger partial charge in [0.15, 0.2) is 30.1 Å². The van der Waals surface area contributed by atoms with E-state index in [1.807, 2.05) is 0 Å². The van der Waals surface area contributed by atoms with Gasteiger partial charge in [0, 0.05) is 39.0 Å². The van der Waals surface area contributed by atoms with Crippen molar-refractivity contribution in [3.63, 3.8) is 0 Å². The van der Waals surface area contributed by atoms with Gasteiger partial charge < -0.3 is 23.7 Å². The van der Waals surface area contributed by atoms with Gasteiger partial charge in [0.05, 0.1) is 11.8 Å². The molecule has 0 amide bonds. The minimum absolute atomic E-state index is 0.241. The van der Waals surface area contributed by atoms with Crippen molar-refractivity contribution in [3.8, 4) is 0 Å². The Morgan fingerprint density at radius 2 is 1.41 bits per heavy atom. The minimum atomic E-state index is -1.28. The fraction of sp³-hybridized carbons (Fsp3) is 0.500. The summed E-state index contributed by atoms with van der Waals surface area (Å²) in [6.45, 7) is 3.15. The van der Waals surface area contributed by atoms with Gasteiger partial charge >= 0.3 is 17.9 Å². The number of Topliss-reactive ketones (excluding diaryl/α,β-unsaturated/α-hetero) is 2. The van der Waals surface area contributed by atoms with Crippen molar-refractivity contribution in [2.24, 2.45) is 11.8 Å². The van der Waals surface area contributed by atoms with Gasteiger partial charge in [0.1, 0.15) is 12.7 Å². The molecule has 5 unspecified atom stereocenters. The number of carbonyl (C=O) groups is 5. The van der Waals surface area contributed by atoms with Gasteiger partial charge in [-0.15, -0.1) is 0 Å². The van der Waals surface area contributed by atoms with Crippen LogP contribution in [0.5, 0.6) is 0 Å². The highest BCUT2D eigenvalue weighted by Gasteiger charge is 2.58. The molecule has 0 N–H and O–H groups in total. The van der Waals surface area contributed by atoms with Crippen molar-refractivity contribution in [3.05, 3.63) is 35.4 Å². The van der Waals surface area contributed by atoms with Gasteiger partial charge in [-0.2, -0.15) is 0 Å². The summed E-state index contributed by atoms with van der Waals surface area (Å²) in [5.74, 6) is -5.39. The molecule has 1 aliphatic carbocycles. The molecule has 0 saturated carbocycles. The zero-order chi connectivity index (χ0) is 23.6. The number of esters is 3. The van der Waals surface area contributed by atoms with E-state index < -0.39 is 65.9 Å². The van der Waals surface area contributed by atoms with Gasteiger partial charge in [-0.05, 0) is 0 Å². The molecule has 1 saturated heterocycles. The Hall–Kier alpha value is -3.11. The summed E-state index contributed by atoms with van der Waals surface area (Å²) in [5.41, 5.74) is 0.481. The highest BCUT2D eigenvalue weighted by Crippen LogP contribution is 2.41. The van der Waals surface area contributed by atoms with Crippen LogP contribution in [0.2, 0.25) is 0 Å². The molecule has 172 valence electrons. The molecular weight excluding hydrogens is 424 g/mol. The number of ketones is 2. The highest BCUT2D eigenvalue weighted by molar-refractivity contribution is 6.26. The summed E-state index contributed by atoms with van der Waals surface area (Å²) in [7, 11) is 1.30. The Morgan fingerprint density at radius 3 is 1.88 bits per heavy atom. The zero-order valence-electron chi connectivity index (χ0n) is 18.1. The lowest BCUT2D eigenvalue weighted by atomic mass is 9.78. The third-order valence-electron chi connectivity index (χ3n) is 5.39. The molecular formula is C22H24O10. The first-order valence-electron chi connectivity index (χ1n) is 9.99. The number of hydrogen-bond donors (Lipinski definition) is 0. The third kappa shape index (κ3) is 4.56. The molecule has 1 heterocycles. The smallest absolute Gasteiger partial charge is 0.303 e. The van der Waals surface area contributed by atoms with Crippen molar-refractivity contribution < 1.29 is 47.7 Å². The molecule has 0 aromatic heterocycles. The van der Waals surface area contributed by atoms with Crippen LogP contribution in [0, 0.1) is 11.8 Å². The molecule has 1 fully saturated rings. The zero-order valence-corrected chi connectivity index (χ0v) is 18.1. The van der Waals surface area contributed by atoms with E-state index in [-0.39, 0.29) is 17.7 Å². The summed E-state index contributed by atoms with van der Waals surface area (Å²) < 4.78 is 27.1. The number of rotatable bonds is 6. The number of ether oxygens (including phenoxy) is 5. The maximum absolute atomic E-state index is 13.2. The normalized spacial score (nSPS) is 27.6. The molecule has 10 nitrogen and oxygen atoms in total. The Kier molecular flexibility index (Phi) is 7.05. The molecule has 0 spiro atoms. The SMILES string of the molecule is COC1OC(COC(C)=O)C(OC(C)=O)C(OC(C)=O)C1C1C(=O)c2ccccc2C1=O. The van der Waals surface area contributed by atoms with Crippen LogP contribution in [0.1, 0.15) is 41.5 Å². The lowest BCUT2D eigenvalue weighted by molar-refractivity contribution is -0.288. The number of fused-ring (bicyclic) bond motifs is 1. The lowest BCUT2D eigenvalue weighted by Gasteiger charge is -2.45. The largest absolute Gasteiger partial charge is 0.463 e. The van der Waals surface area contributed by atoms with Crippen LogP contribution in [0.4, 0.5) is 0 Å². The Bertz CT molecular complexity index is 903. The van der Waals surface area contributed by atoms with Crippen LogP contribution in [0.25, 0.3) is 0 Å². The molecule has 10 heteroatoms. The van der Waals surface area contributed by atoms with Crippen LogP contribution < -0.4 is 0 Å². The molecule has 3 rings (SSSR count). The standard InChI is InChI=1S/C22H24O10/c1-10(23)29-9-15-20(30-11(2)24)21(31-12(3)25)17(22(28-4)32-15)16-18(26)13-7-5-6-8-14(13)19(16)27/h5-8,15-17,20-22H,9H2,1-4H3.